The Labute approximate surface area is 166 Å². The molecule has 148 valence electrons. The van der Waals surface area contributed by atoms with Gasteiger partial charge < -0.3 is 10.1 Å². The fourth-order valence-electron chi connectivity index (χ4n) is 2.74. The van der Waals surface area contributed by atoms with Gasteiger partial charge in [-0.25, -0.2) is 4.98 Å². The van der Waals surface area contributed by atoms with Crippen LogP contribution in [0, 0.1) is 0 Å². The number of carbonyl (C=O) groups excluding carboxylic acids is 3. The van der Waals surface area contributed by atoms with Gasteiger partial charge in [-0.15, -0.1) is 11.3 Å². The Morgan fingerprint density at radius 1 is 1.32 bits per heavy atom. The van der Waals surface area contributed by atoms with Crippen LogP contribution in [0.4, 0.5) is 5.13 Å². The molecule has 0 aliphatic carbocycles. The summed E-state index contributed by atoms with van der Waals surface area (Å²) in [6, 6.07) is 5.13. The lowest BCUT2D eigenvalue weighted by atomic mass is 10.2. The third-order valence-electron chi connectivity index (χ3n) is 4.03. The van der Waals surface area contributed by atoms with Crippen molar-refractivity contribution >= 4 is 34.3 Å². The molecule has 3 rings (SSSR count). The minimum absolute atomic E-state index is 0.129. The lowest BCUT2D eigenvalue weighted by Crippen LogP contribution is -2.41. The number of nitrogens with zero attached hydrogens (tertiary/aromatic N) is 3. The number of ether oxygens (including phenoxy) is 1. The predicted octanol–water partition coefficient (Wildman–Crippen LogP) is 0.828. The molecule has 2 amide bonds. The SMILES string of the molecule is CCOC(=O)CNC(=O)CN1CCc2nc(NC(=O)c3ccccn3)sc2C1. The minimum Gasteiger partial charge on any atom is -0.465 e. The van der Waals surface area contributed by atoms with Gasteiger partial charge in [0, 0.05) is 30.6 Å². The lowest BCUT2D eigenvalue weighted by Gasteiger charge is -2.24. The average molecular weight is 403 g/mol. The van der Waals surface area contributed by atoms with Crippen molar-refractivity contribution in [3.05, 3.63) is 40.7 Å². The third kappa shape index (κ3) is 5.33. The van der Waals surface area contributed by atoms with Gasteiger partial charge in [-0.3, -0.25) is 29.6 Å². The zero-order chi connectivity index (χ0) is 19.9. The van der Waals surface area contributed by atoms with Crippen LogP contribution >= 0.6 is 11.3 Å². The summed E-state index contributed by atoms with van der Waals surface area (Å²) < 4.78 is 4.78. The molecule has 1 aliphatic heterocycles. The predicted molar refractivity (Wildman–Crippen MR) is 103 cm³/mol. The van der Waals surface area contributed by atoms with E-state index in [0.717, 1.165) is 10.6 Å². The average Bonchev–Trinajstić information content (AvgIpc) is 3.09. The van der Waals surface area contributed by atoms with E-state index in [4.69, 9.17) is 4.74 Å². The molecule has 0 aromatic carbocycles. The molecule has 28 heavy (non-hydrogen) atoms. The number of nitrogens with one attached hydrogen (secondary N) is 2. The molecule has 0 saturated carbocycles. The first-order chi connectivity index (χ1) is 13.5. The maximum atomic E-state index is 12.2. The minimum atomic E-state index is -0.451. The van der Waals surface area contributed by atoms with Crippen LogP contribution < -0.4 is 10.6 Å². The van der Waals surface area contributed by atoms with Crippen molar-refractivity contribution in [1.29, 1.82) is 0 Å². The number of pyridine rings is 1. The van der Waals surface area contributed by atoms with Crippen LogP contribution in [0.15, 0.2) is 24.4 Å². The highest BCUT2D eigenvalue weighted by Gasteiger charge is 2.23. The second-order valence-electron chi connectivity index (χ2n) is 6.10. The Balaban J connectivity index is 1.52. The Morgan fingerprint density at radius 2 is 2.18 bits per heavy atom. The highest BCUT2D eigenvalue weighted by Crippen LogP contribution is 2.28. The maximum absolute atomic E-state index is 12.2. The van der Waals surface area contributed by atoms with Crippen LogP contribution in [-0.2, 0) is 27.3 Å². The first-order valence-electron chi connectivity index (χ1n) is 8.90. The lowest BCUT2D eigenvalue weighted by molar-refractivity contribution is -0.143. The molecule has 0 unspecified atom stereocenters. The van der Waals surface area contributed by atoms with E-state index < -0.39 is 5.97 Å². The molecule has 0 atom stereocenters. The number of aromatic nitrogens is 2. The van der Waals surface area contributed by atoms with Crippen molar-refractivity contribution in [2.24, 2.45) is 0 Å². The maximum Gasteiger partial charge on any atom is 0.325 e. The zero-order valence-electron chi connectivity index (χ0n) is 15.4. The normalized spacial score (nSPS) is 13.5. The first-order valence-corrected chi connectivity index (χ1v) is 9.72. The van der Waals surface area contributed by atoms with Gasteiger partial charge in [0.15, 0.2) is 5.13 Å². The van der Waals surface area contributed by atoms with E-state index in [1.54, 1.807) is 31.3 Å². The molecule has 0 spiro atoms. The summed E-state index contributed by atoms with van der Waals surface area (Å²) in [5.74, 6) is -0.987. The van der Waals surface area contributed by atoms with Gasteiger partial charge in [0.2, 0.25) is 5.91 Å². The molecule has 9 nitrogen and oxygen atoms in total. The second kappa shape index (κ2) is 9.38. The summed E-state index contributed by atoms with van der Waals surface area (Å²) in [6.07, 6.45) is 2.25. The number of hydrogen-bond acceptors (Lipinski definition) is 8. The van der Waals surface area contributed by atoms with E-state index in [9.17, 15) is 14.4 Å². The van der Waals surface area contributed by atoms with Gasteiger partial charge in [-0.1, -0.05) is 6.07 Å². The molecule has 1 aliphatic rings. The molecule has 0 radical (unpaired) electrons. The van der Waals surface area contributed by atoms with Gasteiger partial charge in [0.05, 0.1) is 18.8 Å². The summed E-state index contributed by atoms with van der Waals surface area (Å²) in [7, 11) is 0. The highest BCUT2D eigenvalue weighted by atomic mass is 32.1. The van der Waals surface area contributed by atoms with Crippen LogP contribution in [0.2, 0.25) is 0 Å². The van der Waals surface area contributed by atoms with E-state index in [-0.39, 0.29) is 31.5 Å². The number of amides is 2. The van der Waals surface area contributed by atoms with Gasteiger partial charge in [-0.2, -0.15) is 0 Å². The Hall–Kier alpha value is -2.85. The number of fused-ring (bicyclic) bond motifs is 1. The molecule has 3 heterocycles. The number of rotatable bonds is 7. The standard InChI is InChI=1S/C18H21N5O4S/c1-2-27-16(25)9-20-15(24)11-23-8-6-12-14(10-23)28-18(21-12)22-17(26)13-5-3-4-7-19-13/h3-5,7H,2,6,8-11H2,1H3,(H,20,24)(H,21,22,26). The Kier molecular flexibility index (Phi) is 6.66. The largest absolute Gasteiger partial charge is 0.465 e. The van der Waals surface area contributed by atoms with E-state index in [1.807, 2.05) is 4.90 Å². The molecular weight excluding hydrogens is 382 g/mol. The van der Waals surface area contributed by atoms with Gasteiger partial charge >= 0.3 is 5.97 Å². The smallest absolute Gasteiger partial charge is 0.325 e. The molecular formula is C18H21N5O4S. The third-order valence-corrected chi connectivity index (χ3v) is 5.03. The first kappa shape index (κ1) is 19.9. The van der Waals surface area contributed by atoms with E-state index >= 15 is 0 Å². The topological polar surface area (TPSA) is 114 Å². The molecule has 2 aromatic heterocycles. The zero-order valence-corrected chi connectivity index (χ0v) is 16.3. The van der Waals surface area contributed by atoms with Crippen LogP contribution in [0.5, 0.6) is 0 Å². The molecule has 0 fully saturated rings. The van der Waals surface area contributed by atoms with E-state index in [2.05, 4.69) is 20.6 Å². The highest BCUT2D eigenvalue weighted by molar-refractivity contribution is 7.15. The van der Waals surface area contributed by atoms with Crippen LogP contribution in [0.25, 0.3) is 0 Å². The molecule has 0 saturated heterocycles. The van der Waals surface area contributed by atoms with Crippen LogP contribution in [0.3, 0.4) is 0 Å². The summed E-state index contributed by atoms with van der Waals surface area (Å²) in [5, 5.41) is 5.85. The van der Waals surface area contributed by atoms with Crippen molar-refractivity contribution in [1.82, 2.24) is 20.2 Å². The van der Waals surface area contributed by atoms with Crippen LogP contribution in [-0.4, -0.2) is 58.9 Å². The van der Waals surface area contributed by atoms with Gasteiger partial charge in [0.25, 0.3) is 5.91 Å². The monoisotopic (exact) mass is 403 g/mol. The number of esters is 1. The summed E-state index contributed by atoms with van der Waals surface area (Å²) >= 11 is 1.40. The number of anilines is 1. The summed E-state index contributed by atoms with van der Waals surface area (Å²) in [6.45, 7) is 3.31. The number of carbonyl (C=O) groups is 3. The van der Waals surface area contributed by atoms with Crippen molar-refractivity contribution in [2.75, 3.05) is 31.6 Å². The van der Waals surface area contributed by atoms with Gasteiger partial charge in [0.1, 0.15) is 12.2 Å². The molecule has 2 aromatic rings. The molecule has 10 heteroatoms. The van der Waals surface area contributed by atoms with E-state index in [0.29, 0.717) is 30.3 Å². The number of thiazole rings is 1. The fourth-order valence-corrected chi connectivity index (χ4v) is 3.78. The van der Waals surface area contributed by atoms with Crippen molar-refractivity contribution in [3.63, 3.8) is 0 Å². The summed E-state index contributed by atoms with van der Waals surface area (Å²) in [4.78, 5) is 47.0. The molecule has 0 bridgehead atoms. The van der Waals surface area contributed by atoms with E-state index in [1.165, 1.54) is 11.3 Å². The second-order valence-corrected chi connectivity index (χ2v) is 7.18. The Bertz CT molecular complexity index is 855. The van der Waals surface area contributed by atoms with Crippen LogP contribution in [0.1, 0.15) is 28.0 Å². The van der Waals surface area contributed by atoms with Crippen molar-refractivity contribution in [2.45, 2.75) is 19.9 Å². The molecule has 2 N–H and O–H groups in total. The summed E-state index contributed by atoms with van der Waals surface area (Å²) in [5.41, 5.74) is 1.26. The van der Waals surface area contributed by atoms with Gasteiger partial charge in [-0.05, 0) is 19.1 Å². The van der Waals surface area contributed by atoms with Crippen molar-refractivity contribution < 1.29 is 19.1 Å². The fraction of sp³-hybridized carbons (Fsp3) is 0.389. The Morgan fingerprint density at radius 3 is 2.93 bits per heavy atom. The number of hydrogen-bond donors (Lipinski definition) is 2. The van der Waals surface area contributed by atoms with Crippen molar-refractivity contribution in [3.8, 4) is 0 Å². The quantitative estimate of drug-likeness (QED) is 0.658.